The Morgan fingerprint density at radius 2 is 2.24 bits per heavy atom. The van der Waals surface area contributed by atoms with E-state index in [1.807, 2.05) is 24.3 Å². The van der Waals surface area contributed by atoms with Crippen LogP contribution >= 0.6 is 0 Å². The van der Waals surface area contributed by atoms with Crippen LogP contribution in [0.25, 0.3) is 0 Å². The zero-order chi connectivity index (χ0) is 11.9. The van der Waals surface area contributed by atoms with E-state index in [4.69, 9.17) is 9.84 Å². The van der Waals surface area contributed by atoms with Gasteiger partial charge in [-0.2, -0.15) is 0 Å². The third kappa shape index (κ3) is 3.72. The summed E-state index contributed by atoms with van der Waals surface area (Å²) in [5.74, 6) is 1.64. The van der Waals surface area contributed by atoms with Crippen molar-refractivity contribution in [2.75, 3.05) is 19.7 Å². The molecule has 0 bridgehead atoms. The second kappa shape index (κ2) is 6.62. The van der Waals surface area contributed by atoms with E-state index in [1.54, 1.807) is 0 Å². The number of hydrogen-bond donors (Lipinski definition) is 2. The highest BCUT2D eigenvalue weighted by atomic mass is 16.5. The summed E-state index contributed by atoms with van der Waals surface area (Å²) in [5.41, 5.74) is 0.870. The largest absolute Gasteiger partial charge is 0.493 e. The number of aliphatic hydroxyl groups is 1. The van der Waals surface area contributed by atoms with Crippen LogP contribution in [0.2, 0.25) is 0 Å². The fraction of sp³-hybridized carbons (Fsp3) is 0.571. The number of benzene rings is 1. The van der Waals surface area contributed by atoms with E-state index in [9.17, 15) is 0 Å². The van der Waals surface area contributed by atoms with Gasteiger partial charge in [-0.15, -0.1) is 0 Å². The van der Waals surface area contributed by atoms with Crippen molar-refractivity contribution in [1.29, 1.82) is 0 Å². The first kappa shape index (κ1) is 12.4. The highest BCUT2D eigenvalue weighted by Gasteiger charge is 2.13. The Hall–Kier alpha value is -1.06. The predicted octanol–water partition coefficient (Wildman–Crippen LogP) is 1.95. The summed E-state index contributed by atoms with van der Waals surface area (Å²) in [4.78, 5) is 0. The van der Waals surface area contributed by atoms with E-state index < -0.39 is 0 Å². The molecule has 1 aromatic carbocycles. The lowest BCUT2D eigenvalue weighted by Crippen LogP contribution is -2.10. The Labute approximate surface area is 103 Å². The van der Waals surface area contributed by atoms with E-state index in [1.165, 1.54) is 19.4 Å². The zero-order valence-electron chi connectivity index (χ0n) is 10.2. The molecule has 3 nitrogen and oxygen atoms in total. The van der Waals surface area contributed by atoms with Gasteiger partial charge < -0.3 is 15.2 Å². The van der Waals surface area contributed by atoms with Crippen LogP contribution in [0.3, 0.4) is 0 Å². The summed E-state index contributed by atoms with van der Waals surface area (Å²) < 4.78 is 5.71. The van der Waals surface area contributed by atoms with Crippen molar-refractivity contribution in [3.05, 3.63) is 29.8 Å². The van der Waals surface area contributed by atoms with Crippen LogP contribution in [-0.2, 0) is 6.61 Å². The van der Waals surface area contributed by atoms with Crippen LogP contribution in [0, 0.1) is 5.92 Å². The van der Waals surface area contributed by atoms with Crippen molar-refractivity contribution < 1.29 is 9.84 Å². The molecule has 1 fully saturated rings. The summed E-state index contributed by atoms with van der Waals surface area (Å²) in [6.45, 7) is 3.11. The molecule has 0 saturated carbocycles. The Bertz CT molecular complexity index is 335. The van der Waals surface area contributed by atoms with Crippen molar-refractivity contribution in [2.45, 2.75) is 25.9 Å². The number of ether oxygens (including phenoxy) is 1. The molecule has 0 aliphatic carbocycles. The van der Waals surface area contributed by atoms with Crippen LogP contribution in [0.4, 0.5) is 0 Å². The minimum absolute atomic E-state index is 0.0444. The van der Waals surface area contributed by atoms with Crippen LogP contribution < -0.4 is 10.1 Å². The molecule has 1 aliphatic heterocycles. The second-order valence-electron chi connectivity index (χ2n) is 4.62. The standard InChI is InChI=1S/C14H21NO2/c16-11-13-5-1-2-6-14(13)17-9-3-4-12-7-8-15-10-12/h1-2,5-6,12,15-16H,3-4,7-11H2. The molecule has 0 spiro atoms. The van der Waals surface area contributed by atoms with Crippen LogP contribution in [0.15, 0.2) is 24.3 Å². The molecule has 1 heterocycles. The van der Waals surface area contributed by atoms with Gasteiger partial charge >= 0.3 is 0 Å². The second-order valence-corrected chi connectivity index (χ2v) is 4.62. The van der Waals surface area contributed by atoms with Gasteiger partial charge in [0.1, 0.15) is 5.75 Å². The van der Waals surface area contributed by atoms with Gasteiger partial charge in [-0.3, -0.25) is 0 Å². The minimum Gasteiger partial charge on any atom is -0.493 e. The van der Waals surface area contributed by atoms with Gasteiger partial charge in [0.2, 0.25) is 0 Å². The topological polar surface area (TPSA) is 41.5 Å². The lowest BCUT2D eigenvalue weighted by atomic mass is 10.0. The van der Waals surface area contributed by atoms with Crippen molar-refractivity contribution in [2.24, 2.45) is 5.92 Å². The molecule has 1 saturated heterocycles. The molecule has 0 aromatic heterocycles. The predicted molar refractivity (Wildman–Crippen MR) is 68.1 cm³/mol. The Balaban J connectivity index is 1.70. The monoisotopic (exact) mass is 235 g/mol. The summed E-state index contributed by atoms with van der Waals surface area (Å²) in [6.07, 6.45) is 3.62. The van der Waals surface area contributed by atoms with Crippen molar-refractivity contribution >= 4 is 0 Å². The molecule has 2 N–H and O–H groups in total. The lowest BCUT2D eigenvalue weighted by Gasteiger charge is -2.11. The minimum atomic E-state index is 0.0444. The van der Waals surface area contributed by atoms with Crippen LogP contribution in [0.5, 0.6) is 5.75 Å². The van der Waals surface area contributed by atoms with Crippen LogP contribution in [0.1, 0.15) is 24.8 Å². The summed E-state index contributed by atoms with van der Waals surface area (Å²) in [7, 11) is 0. The number of aliphatic hydroxyl groups excluding tert-OH is 1. The first-order chi connectivity index (χ1) is 8.40. The fourth-order valence-corrected chi connectivity index (χ4v) is 2.29. The average Bonchev–Trinajstić information content (AvgIpc) is 2.88. The molecule has 17 heavy (non-hydrogen) atoms. The molecule has 1 unspecified atom stereocenters. The Kier molecular flexibility index (Phi) is 4.83. The molecular formula is C14H21NO2. The summed E-state index contributed by atoms with van der Waals surface area (Å²) in [5, 5.41) is 12.5. The van der Waals surface area contributed by atoms with E-state index >= 15 is 0 Å². The maximum Gasteiger partial charge on any atom is 0.124 e. The van der Waals surface area contributed by atoms with Gasteiger partial charge in [-0.05, 0) is 44.3 Å². The Morgan fingerprint density at radius 3 is 3.00 bits per heavy atom. The SMILES string of the molecule is OCc1ccccc1OCCCC1CCNC1. The van der Waals surface area contributed by atoms with Gasteiger partial charge in [0.05, 0.1) is 13.2 Å². The third-order valence-corrected chi connectivity index (χ3v) is 3.32. The fourth-order valence-electron chi connectivity index (χ4n) is 2.29. The van der Waals surface area contributed by atoms with E-state index in [0.29, 0.717) is 0 Å². The number of nitrogens with one attached hydrogen (secondary N) is 1. The number of para-hydroxylation sites is 1. The van der Waals surface area contributed by atoms with Crippen LogP contribution in [-0.4, -0.2) is 24.8 Å². The summed E-state index contributed by atoms with van der Waals surface area (Å²) >= 11 is 0. The lowest BCUT2D eigenvalue weighted by molar-refractivity contribution is 0.257. The van der Waals surface area contributed by atoms with Gasteiger partial charge in [0.15, 0.2) is 0 Å². The smallest absolute Gasteiger partial charge is 0.124 e. The first-order valence-corrected chi connectivity index (χ1v) is 6.42. The molecule has 3 heteroatoms. The molecule has 0 amide bonds. The van der Waals surface area contributed by atoms with Gasteiger partial charge in [0.25, 0.3) is 0 Å². The van der Waals surface area contributed by atoms with Gasteiger partial charge in [-0.25, -0.2) is 0 Å². The van der Waals surface area contributed by atoms with E-state index in [2.05, 4.69) is 5.32 Å². The molecular weight excluding hydrogens is 214 g/mol. The maximum absolute atomic E-state index is 9.16. The zero-order valence-corrected chi connectivity index (χ0v) is 10.2. The van der Waals surface area contributed by atoms with Crippen molar-refractivity contribution in [3.8, 4) is 5.75 Å². The molecule has 1 aromatic rings. The van der Waals surface area contributed by atoms with E-state index in [0.717, 1.165) is 36.8 Å². The molecule has 94 valence electrons. The van der Waals surface area contributed by atoms with Gasteiger partial charge in [0, 0.05) is 5.56 Å². The highest BCUT2D eigenvalue weighted by molar-refractivity contribution is 5.32. The maximum atomic E-state index is 9.16. The molecule has 1 aliphatic rings. The Morgan fingerprint density at radius 1 is 1.35 bits per heavy atom. The highest BCUT2D eigenvalue weighted by Crippen LogP contribution is 2.19. The average molecular weight is 235 g/mol. The number of rotatable bonds is 6. The molecule has 2 rings (SSSR count). The van der Waals surface area contributed by atoms with Crippen molar-refractivity contribution in [3.63, 3.8) is 0 Å². The molecule has 0 radical (unpaired) electrons. The number of hydrogen-bond acceptors (Lipinski definition) is 3. The van der Waals surface area contributed by atoms with E-state index in [-0.39, 0.29) is 6.61 Å². The first-order valence-electron chi connectivity index (χ1n) is 6.42. The quantitative estimate of drug-likeness (QED) is 0.740. The molecule has 1 atom stereocenters. The normalized spacial score (nSPS) is 19.5. The van der Waals surface area contributed by atoms with Crippen molar-refractivity contribution in [1.82, 2.24) is 5.32 Å². The summed E-state index contributed by atoms with van der Waals surface area (Å²) in [6, 6.07) is 7.68. The van der Waals surface area contributed by atoms with Gasteiger partial charge in [-0.1, -0.05) is 18.2 Å². The third-order valence-electron chi connectivity index (χ3n) is 3.32.